The van der Waals surface area contributed by atoms with E-state index in [4.69, 9.17) is 28.4 Å². The molecule has 0 aliphatic heterocycles. The van der Waals surface area contributed by atoms with E-state index in [1.165, 1.54) is 0 Å². The quantitative estimate of drug-likeness (QED) is 0.0223. The third kappa shape index (κ3) is 65.0. The van der Waals surface area contributed by atoms with Gasteiger partial charge >= 0.3 is 30.5 Å². The molecular formula is C92H180N12O12. The number of hydrogen-bond donors (Lipinski definition) is 3. The molecule has 0 aromatic carbocycles. The van der Waals surface area contributed by atoms with Crippen LogP contribution in [0.3, 0.4) is 0 Å². The molecule has 0 saturated heterocycles. The van der Waals surface area contributed by atoms with Gasteiger partial charge in [-0.3, -0.25) is 24.5 Å². The van der Waals surface area contributed by atoms with Gasteiger partial charge in [0.05, 0.1) is 31.8 Å². The molecule has 24 nitrogen and oxygen atoms in total. The number of aliphatic hydroxyl groups is 1. The molecular weight excluding hydrogens is 1470 g/mol. The van der Waals surface area contributed by atoms with Crippen molar-refractivity contribution < 1.29 is 57.5 Å². The Balaban J connectivity index is 6.15. The molecule has 0 heterocycles. The Morgan fingerprint density at radius 3 is 0.672 bits per heavy atom. The van der Waals surface area contributed by atoms with Gasteiger partial charge in [0, 0.05) is 105 Å². The van der Waals surface area contributed by atoms with Gasteiger partial charge in [-0.15, -0.1) is 0 Å². The molecule has 0 aromatic heterocycles. The Morgan fingerprint density at radius 1 is 0.259 bits per heavy atom. The number of amides is 5. The second-order valence-electron chi connectivity index (χ2n) is 37.6. The zero-order chi connectivity index (χ0) is 87.5. The van der Waals surface area contributed by atoms with E-state index < -0.39 is 40.0 Å². The van der Waals surface area contributed by atoms with Gasteiger partial charge in [0.15, 0.2) is 0 Å². The average Bonchev–Trinajstić information content (AvgIpc) is 0.911. The minimum atomic E-state index is -1.06. The Labute approximate surface area is 711 Å². The zero-order valence-corrected chi connectivity index (χ0v) is 79.3. The van der Waals surface area contributed by atoms with Gasteiger partial charge in [-0.1, -0.05) is 104 Å². The maximum Gasteiger partial charge on any atom is 0.410 e. The van der Waals surface area contributed by atoms with Crippen LogP contribution in [0.25, 0.3) is 0 Å². The summed E-state index contributed by atoms with van der Waals surface area (Å²) < 4.78 is 35.6. The van der Waals surface area contributed by atoms with Crippen molar-refractivity contribution in [3.63, 3.8) is 0 Å². The van der Waals surface area contributed by atoms with Crippen molar-refractivity contribution in [2.24, 2.45) is 0 Å². The fourth-order valence-electron chi connectivity index (χ4n) is 12.5. The second-order valence-corrected chi connectivity index (χ2v) is 37.6. The van der Waals surface area contributed by atoms with E-state index in [1.54, 1.807) is 0 Å². The predicted molar refractivity (Wildman–Crippen MR) is 479 cm³/mol. The standard InChI is InChI=1S/C92H180N12O12/c1-25-31-53-93-55-47-75-99(81(105)111-87(7,8)9)69-41-43-71-101(83(107)113-89(13,14)15)77-49-65-95(57-33-27-3)61-37-39-63-97(59-35-29-5)67-51-79-103(85(109)115-91(19,20)21)73-45-46-74-104(86(110)116-92(22,23)24)80-52-68-98(60-36-30-6)64-40-38-62-96(58-34-28-4)66-50-78-102(84(108)114-90(16,17)18)72-44-42-70-100(82(106)112-88(10,11)12)76-48-56-94-54-32-26-2/h83,93-94,107H,25-36,41-80H2,1-24H3. The molecule has 0 rings (SSSR count). The van der Waals surface area contributed by atoms with Gasteiger partial charge in [-0.05, 0) is 293 Å². The first-order valence-electron chi connectivity index (χ1n) is 45.8. The van der Waals surface area contributed by atoms with Crippen molar-refractivity contribution in [1.29, 1.82) is 0 Å². The van der Waals surface area contributed by atoms with Crippen LogP contribution < -0.4 is 10.6 Å². The van der Waals surface area contributed by atoms with Crippen LogP contribution in [0.2, 0.25) is 0 Å². The summed E-state index contributed by atoms with van der Waals surface area (Å²) in [4.78, 5) is 89.0. The molecule has 0 aliphatic rings. The lowest BCUT2D eigenvalue weighted by Gasteiger charge is -2.33. The Morgan fingerprint density at radius 2 is 0.448 bits per heavy atom. The highest BCUT2D eigenvalue weighted by Crippen LogP contribution is 2.20. The van der Waals surface area contributed by atoms with Gasteiger partial charge in [-0.2, -0.15) is 0 Å². The number of unbranched alkanes of at least 4 members (excludes halogenated alkanes) is 9. The summed E-state index contributed by atoms with van der Waals surface area (Å²) in [6.45, 7) is 67.3. The molecule has 0 aromatic rings. The Kier molecular flexibility index (Phi) is 61.3. The molecule has 0 saturated carbocycles. The summed E-state index contributed by atoms with van der Waals surface area (Å²) in [6.07, 6.45) is 19.5. The largest absolute Gasteiger partial charge is 0.444 e. The van der Waals surface area contributed by atoms with E-state index in [-0.39, 0.29) is 30.5 Å². The number of nitrogens with one attached hydrogen (secondary N) is 2. The fraction of sp³-hybridized carbons (Fsp3) is 0.902. The summed E-state index contributed by atoms with van der Waals surface area (Å²) in [7, 11) is 0. The van der Waals surface area contributed by atoms with E-state index in [2.05, 4.69) is 95.5 Å². The first-order valence-corrected chi connectivity index (χ1v) is 45.8. The first kappa shape index (κ1) is 111. The number of carbonyl (C=O) groups is 5. The molecule has 0 fully saturated rings. The van der Waals surface area contributed by atoms with Gasteiger partial charge in [-0.25, -0.2) is 24.0 Å². The lowest BCUT2D eigenvalue weighted by molar-refractivity contribution is -0.239. The van der Waals surface area contributed by atoms with Crippen molar-refractivity contribution in [3.05, 3.63) is 0 Å². The maximum absolute atomic E-state index is 13.9. The number of ether oxygens (including phenoxy) is 6. The van der Waals surface area contributed by atoms with Crippen LogP contribution in [0.15, 0.2) is 0 Å². The smallest absolute Gasteiger partial charge is 0.410 e. The monoisotopic (exact) mass is 1650 g/mol. The number of carbonyl (C=O) groups excluding carboxylic acids is 5. The molecule has 5 amide bonds. The number of hydrogen-bond acceptors (Lipinski definition) is 19. The topological polar surface area (TPSA) is 217 Å². The molecule has 0 bridgehead atoms. The number of nitrogens with zero attached hydrogens (tertiary/aromatic N) is 10. The Bertz CT molecular complexity index is 2650. The summed E-state index contributed by atoms with van der Waals surface area (Å²) in [5.41, 5.74) is -3.67. The molecule has 116 heavy (non-hydrogen) atoms. The lowest BCUT2D eigenvalue weighted by atomic mass is 10.2. The molecule has 24 heteroatoms. The summed E-state index contributed by atoms with van der Waals surface area (Å²) in [6, 6.07) is 0. The number of rotatable bonds is 63. The van der Waals surface area contributed by atoms with Crippen LogP contribution in [0.4, 0.5) is 24.0 Å². The molecule has 0 radical (unpaired) electrons. The first-order chi connectivity index (χ1) is 54.6. The van der Waals surface area contributed by atoms with E-state index in [0.29, 0.717) is 118 Å². The molecule has 1 unspecified atom stereocenters. The second kappa shape index (κ2) is 64.0. The molecule has 0 spiro atoms. The number of aliphatic hydroxyl groups excluding tert-OH is 1. The van der Waals surface area contributed by atoms with Gasteiger partial charge in [0.25, 0.3) is 0 Å². The van der Waals surface area contributed by atoms with Gasteiger partial charge in [0.1, 0.15) is 28.0 Å². The van der Waals surface area contributed by atoms with Crippen molar-refractivity contribution in [3.8, 4) is 23.7 Å². The van der Waals surface area contributed by atoms with Crippen molar-refractivity contribution in [2.75, 3.05) is 183 Å². The minimum absolute atomic E-state index is 0.286. The van der Waals surface area contributed by atoms with E-state index in [0.717, 1.165) is 220 Å². The van der Waals surface area contributed by atoms with Crippen LogP contribution >= 0.6 is 0 Å². The third-order valence-corrected chi connectivity index (χ3v) is 18.7. The van der Waals surface area contributed by atoms with Gasteiger partial charge < -0.3 is 68.7 Å². The van der Waals surface area contributed by atoms with Crippen LogP contribution in [0, 0.1) is 23.7 Å². The minimum Gasteiger partial charge on any atom is -0.444 e. The van der Waals surface area contributed by atoms with Crippen molar-refractivity contribution in [2.45, 2.75) is 360 Å². The van der Waals surface area contributed by atoms with Crippen LogP contribution in [-0.2, 0) is 28.4 Å². The van der Waals surface area contributed by atoms with Crippen LogP contribution in [-0.4, -0.2) is 308 Å². The van der Waals surface area contributed by atoms with Crippen LogP contribution in [0.1, 0.15) is 320 Å². The maximum atomic E-state index is 13.9. The predicted octanol–water partition coefficient (Wildman–Crippen LogP) is 17.4. The highest BCUT2D eigenvalue weighted by Gasteiger charge is 2.29. The fourth-order valence-corrected chi connectivity index (χ4v) is 12.5. The van der Waals surface area contributed by atoms with E-state index in [1.807, 2.05) is 154 Å². The lowest BCUT2D eigenvalue weighted by Crippen LogP contribution is -2.44. The molecule has 1 atom stereocenters. The van der Waals surface area contributed by atoms with E-state index >= 15 is 0 Å². The Hall–Kier alpha value is -4.89. The summed E-state index contributed by atoms with van der Waals surface area (Å²) >= 11 is 0. The van der Waals surface area contributed by atoms with E-state index in [9.17, 15) is 29.1 Å². The average molecular weight is 1650 g/mol. The summed E-state index contributed by atoms with van der Waals surface area (Å²) in [5, 5.41) is 18.4. The van der Waals surface area contributed by atoms with Crippen molar-refractivity contribution >= 4 is 30.5 Å². The third-order valence-electron chi connectivity index (χ3n) is 18.7. The normalized spacial score (nSPS) is 12.6. The highest BCUT2D eigenvalue weighted by molar-refractivity contribution is 5.70. The van der Waals surface area contributed by atoms with Gasteiger partial charge in [0.2, 0.25) is 6.41 Å². The summed E-state index contributed by atoms with van der Waals surface area (Å²) in [5.74, 6) is 14.1. The molecule has 680 valence electrons. The molecule has 3 N–H and O–H groups in total. The van der Waals surface area contributed by atoms with Crippen molar-refractivity contribution in [1.82, 2.24) is 59.6 Å². The zero-order valence-electron chi connectivity index (χ0n) is 79.3. The molecule has 0 aliphatic carbocycles. The SMILES string of the molecule is CCCCNCCCN(CCCCN(CCCN(CC#CCN(CCCC)CCCN(CCCCN(CCCN(CC#CCN(CCCC)CCCN(CCCCN(CCCNCCCC)C(=O)OC(C)(C)C)C(O)OC(C)(C)C)CCCC)C(=O)OC(C)(C)C)C(=O)OC(C)(C)C)CCCC)C(=O)OC(C)(C)C)C(=O)OC(C)(C)C. The highest BCUT2D eigenvalue weighted by atomic mass is 16.6. The van der Waals surface area contributed by atoms with Crippen LogP contribution in [0.5, 0.6) is 0 Å².